The highest BCUT2D eigenvalue weighted by molar-refractivity contribution is 7.89. The van der Waals surface area contributed by atoms with Gasteiger partial charge in [0.2, 0.25) is 10.0 Å². The van der Waals surface area contributed by atoms with Gasteiger partial charge in [0.1, 0.15) is 22.4 Å². The van der Waals surface area contributed by atoms with Crippen molar-refractivity contribution < 1.29 is 27.8 Å². The third kappa shape index (κ3) is 6.00. The number of ether oxygens (including phenoxy) is 2. The highest BCUT2D eigenvalue weighted by Gasteiger charge is 2.40. The largest absolute Gasteiger partial charge is 0.488 e. The molecule has 11 heteroatoms. The molecule has 0 saturated heterocycles. The average molecular weight is 557 g/mol. The van der Waals surface area contributed by atoms with Gasteiger partial charge in [0.15, 0.2) is 0 Å². The first-order valence-corrected chi connectivity index (χ1v) is 14.5. The van der Waals surface area contributed by atoms with Crippen LogP contribution in [-0.2, 0) is 39.3 Å². The molecular weight excluding hydrogens is 520 g/mol. The molecule has 1 N–H and O–H groups in total. The molecule has 10 nitrogen and oxygen atoms in total. The van der Waals surface area contributed by atoms with E-state index < -0.39 is 27.5 Å². The smallest absolute Gasteiger partial charge is 0.312 e. The first kappa shape index (κ1) is 28.7. The number of aromatic nitrogens is 3. The molecule has 210 valence electrons. The average Bonchev–Trinajstić information content (AvgIpc) is 3.33. The first-order chi connectivity index (χ1) is 18.5. The van der Waals surface area contributed by atoms with Gasteiger partial charge in [-0.1, -0.05) is 42.5 Å². The second kappa shape index (κ2) is 11.4. The number of aliphatic carboxylic acids is 1. The molecule has 0 fully saturated rings. The van der Waals surface area contributed by atoms with Crippen molar-refractivity contribution >= 4 is 16.0 Å². The number of nitrogens with zero attached hydrogens (tertiary/aromatic N) is 4. The van der Waals surface area contributed by atoms with Gasteiger partial charge in [-0.25, -0.2) is 8.42 Å². The van der Waals surface area contributed by atoms with E-state index >= 15 is 0 Å². The number of benzene rings is 2. The summed E-state index contributed by atoms with van der Waals surface area (Å²) in [6, 6.07) is 12.2. The summed E-state index contributed by atoms with van der Waals surface area (Å²) in [5, 5.41) is 18.2. The molecule has 2 aromatic carbocycles. The molecule has 0 saturated carbocycles. The zero-order chi connectivity index (χ0) is 28.4. The molecule has 1 aliphatic rings. The van der Waals surface area contributed by atoms with Crippen molar-refractivity contribution in [3.8, 4) is 5.75 Å². The van der Waals surface area contributed by atoms with Crippen molar-refractivity contribution in [1.82, 2.24) is 19.3 Å². The van der Waals surface area contributed by atoms with Crippen LogP contribution in [0.1, 0.15) is 62.6 Å². The number of carboxylic acids is 1. The SMILES string of the molecule is CC[C@@H]1CN(Cc2cc([C@H](OCc3cn(CC)nn3)C(C)(C)C(=O)O)ccc2C)S(=O)(=O)c2ccccc2O1. The van der Waals surface area contributed by atoms with E-state index in [2.05, 4.69) is 10.3 Å². The third-order valence-corrected chi connectivity index (χ3v) is 9.01. The van der Waals surface area contributed by atoms with Gasteiger partial charge >= 0.3 is 5.97 Å². The molecule has 4 rings (SSSR count). The van der Waals surface area contributed by atoms with E-state index in [1.165, 1.54) is 4.31 Å². The number of hydrogen-bond acceptors (Lipinski definition) is 7. The quantitative estimate of drug-likeness (QED) is 0.391. The summed E-state index contributed by atoms with van der Waals surface area (Å²) >= 11 is 0. The maximum absolute atomic E-state index is 13.7. The number of carboxylic acid groups (broad SMARTS) is 1. The van der Waals surface area contributed by atoms with Crippen molar-refractivity contribution in [3.05, 3.63) is 71.0 Å². The fourth-order valence-electron chi connectivity index (χ4n) is 4.58. The van der Waals surface area contributed by atoms with Crippen LogP contribution in [-0.4, -0.2) is 51.4 Å². The second-order valence-electron chi connectivity index (χ2n) is 10.4. The number of fused-ring (bicyclic) bond motifs is 1. The molecule has 0 amide bonds. The molecule has 0 unspecified atom stereocenters. The van der Waals surface area contributed by atoms with Crippen LogP contribution >= 0.6 is 0 Å². The van der Waals surface area contributed by atoms with Crippen molar-refractivity contribution in [3.63, 3.8) is 0 Å². The van der Waals surface area contributed by atoms with Gasteiger partial charge in [-0.15, -0.1) is 5.10 Å². The Kier molecular flexibility index (Phi) is 8.43. The Labute approximate surface area is 229 Å². The van der Waals surface area contributed by atoms with Gasteiger partial charge in [0.25, 0.3) is 0 Å². The summed E-state index contributed by atoms with van der Waals surface area (Å²) in [7, 11) is -3.83. The van der Waals surface area contributed by atoms with E-state index in [1.807, 2.05) is 39.0 Å². The molecule has 0 bridgehead atoms. The topological polar surface area (TPSA) is 124 Å². The summed E-state index contributed by atoms with van der Waals surface area (Å²) in [5.74, 6) is -0.657. The fraction of sp³-hybridized carbons (Fsp3) is 0.464. The number of rotatable bonds is 10. The third-order valence-electron chi connectivity index (χ3n) is 7.16. The molecule has 0 aliphatic carbocycles. The Balaban J connectivity index is 1.68. The molecule has 39 heavy (non-hydrogen) atoms. The van der Waals surface area contributed by atoms with E-state index in [0.717, 1.165) is 11.1 Å². The maximum Gasteiger partial charge on any atom is 0.312 e. The molecule has 2 heterocycles. The maximum atomic E-state index is 13.7. The second-order valence-corrected chi connectivity index (χ2v) is 12.3. The molecule has 0 radical (unpaired) electrons. The van der Waals surface area contributed by atoms with Crippen LogP contribution in [0.5, 0.6) is 5.75 Å². The Bertz CT molecular complexity index is 1440. The van der Waals surface area contributed by atoms with Crippen molar-refractivity contribution in [1.29, 1.82) is 0 Å². The van der Waals surface area contributed by atoms with Crippen LogP contribution in [0.2, 0.25) is 0 Å². The van der Waals surface area contributed by atoms with Crippen molar-refractivity contribution in [2.45, 2.75) is 77.8 Å². The molecular formula is C28H36N4O6S. The summed E-state index contributed by atoms with van der Waals surface area (Å²) in [4.78, 5) is 12.4. The summed E-state index contributed by atoms with van der Waals surface area (Å²) < 4.78 is 42.7. The van der Waals surface area contributed by atoms with Gasteiger partial charge in [-0.2, -0.15) is 4.31 Å². The van der Waals surface area contributed by atoms with Crippen LogP contribution in [0.25, 0.3) is 0 Å². The molecule has 0 spiro atoms. The lowest BCUT2D eigenvalue weighted by Gasteiger charge is -2.31. The first-order valence-electron chi connectivity index (χ1n) is 13.1. The minimum absolute atomic E-state index is 0.0807. The Morgan fingerprint density at radius 3 is 2.64 bits per heavy atom. The van der Waals surface area contributed by atoms with Gasteiger partial charge in [0.05, 0.1) is 30.9 Å². The lowest BCUT2D eigenvalue weighted by atomic mass is 9.81. The van der Waals surface area contributed by atoms with E-state index in [4.69, 9.17) is 9.47 Å². The highest BCUT2D eigenvalue weighted by Crippen LogP contribution is 2.39. The Hall–Kier alpha value is -3.28. The van der Waals surface area contributed by atoms with E-state index in [0.29, 0.717) is 30.0 Å². The molecule has 1 aromatic heterocycles. The fourth-order valence-corrected chi connectivity index (χ4v) is 6.15. The lowest BCUT2D eigenvalue weighted by Crippen LogP contribution is -2.36. The normalized spacial score (nSPS) is 18.1. The summed E-state index contributed by atoms with van der Waals surface area (Å²) in [6.07, 6.45) is 1.28. The highest BCUT2D eigenvalue weighted by atomic mass is 32.2. The zero-order valence-electron chi connectivity index (χ0n) is 23.0. The number of sulfonamides is 1. The standard InChI is InChI=1S/C28H36N4O6S/c1-6-23-17-32(39(35,36)25-11-9-8-10-24(25)38-23)15-21-14-20(13-12-19(21)3)26(28(4,5)27(33)34)37-18-22-16-31(7-2)30-29-22/h8-14,16,23,26H,6-7,15,17-18H2,1-5H3,(H,33,34)/t23-,26+/m1/s1. The molecule has 3 aromatic rings. The van der Waals surface area contributed by atoms with Gasteiger partial charge < -0.3 is 14.6 Å². The number of para-hydroxylation sites is 1. The monoisotopic (exact) mass is 556 g/mol. The van der Waals surface area contributed by atoms with Crippen molar-refractivity contribution in [2.75, 3.05) is 6.54 Å². The zero-order valence-corrected chi connectivity index (χ0v) is 23.8. The predicted molar refractivity (Wildman–Crippen MR) is 145 cm³/mol. The van der Waals surface area contributed by atoms with E-state index in [-0.39, 0.29) is 30.7 Å². The van der Waals surface area contributed by atoms with Crippen LogP contribution < -0.4 is 4.74 Å². The summed E-state index contributed by atoms with van der Waals surface area (Å²) in [5.41, 5.74) is 1.61. The van der Waals surface area contributed by atoms with E-state index in [1.54, 1.807) is 49.0 Å². The minimum Gasteiger partial charge on any atom is -0.488 e. The van der Waals surface area contributed by atoms with Crippen LogP contribution in [0.3, 0.4) is 0 Å². The number of carbonyl (C=O) groups is 1. The minimum atomic E-state index is -3.83. The van der Waals surface area contributed by atoms with Crippen LogP contribution in [0.4, 0.5) is 0 Å². The lowest BCUT2D eigenvalue weighted by molar-refractivity contribution is -0.158. The van der Waals surface area contributed by atoms with Gasteiger partial charge in [-0.05, 0) is 62.9 Å². The number of hydrogen-bond donors (Lipinski definition) is 1. The molecule has 1 aliphatic heterocycles. The Morgan fingerprint density at radius 1 is 1.23 bits per heavy atom. The summed E-state index contributed by atoms with van der Waals surface area (Å²) in [6.45, 7) is 10.1. The Morgan fingerprint density at radius 2 is 1.97 bits per heavy atom. The van der Waals surface area contributed by atoms with Gasteiger partial charge in [0, 0.05) is 13.1 Å². The van der Waals surface area contributed by atoms with Gasteiger partial charge in [-0.3, -0.25) is 9.48 Å². The predicted octanol–water partition coefficient (Wildman–Crippen LogP) is 4.34. The van der Waals surface area contributed by atoms with E-state index in [9.17, 15) is 18.3 Å². The van der Waals surface area contributed by atoms with Crippen LogP contribution in [0.15, 0.2) is 53.6 Å². The van der Waals surface area contributed by atoms with Crippen LogP contribution in [0, 0.1) is 12.3 Å². The number of aryl methyl sites for hydroxylation is 2. The molecule has 2 atom stereocenters. The van der Waals surface area contributed by atoms with Crippen molar-refractivity contribution in [2.24, 2.45) is 5.41 Å².